The van der Waals surface area contributed by atoms with Crippen molar-refractivity contribution >= 4 is 67.9 Å². The SMILES string of the molecule is C(=C\c1ccc2c(c1)C1(c3ccccc3-c3ccccc31)c1cc(/C=C/c3ccc(-c4ccc5c(c4)c4ccccc4n5-c4ccccc4)cc3)ccc1-2)/c1ccc(-c2ccc3c(c2)c2ccccc2n3-c2ccccc2)cc1. The molecule has 0 N–H and O–H groups in total. The molecule has 2 aliphatic rings. The molecular weight excluding hydrogens is 953 g/mol. The van der Waals surface area contributed by atoms with Crippen molar-refractivity contribution < 1.29 is 0 Å². The number of hydrogen-bond acceptors (Lipinski definition) is 0. The number of para-hydroxylation sites is 4. The molecule has 2 heterocycles. The highest BCUT2D eigenvalue weighted by atomic mass is 15.0. The second-order valence-electron chi connectivity index (χ2n) is 21.2. The Morgan fingerprint density at radius 1 is 0.228 bits per heavy atom. The minimum Gasteiger partial charge on any atom is -0.309 e. The molecule has 0 aliphatic heterocycles. The first-order valence-corrected chi connectivity index (χ1v) is 27.4. The van der Waals surface area contributed by atoms with E-state index in [9.17, 15) is 0 Å². The van der Waals surface area contributed by atoms with Gasteiger partial charge in [-0.25, -0.2) is 0 Å². The fraction of sp³-hybridized carbons (Fsp3) is 0.0130. The monoisotopic (exact) mass is 1000 g/mol. The minimum absolute atomic E-state index is 0.460. The minimum atomic E-state index is -0.460. The number of nitrogens with zero attached hydrogens (tertiary/aromatic N) is 2. The van der Waals surface area contributed by atoms with Gasteiger partial charge in [0.25, 0.3) is 0 Å². The maximum Gasteiger partial charge on any atom is 0.0725 e. The summed E-state index contributed by atoms with van der Waals surface area (Å²) in [5, 5.41) is 5.04. The van der Waals surface area contributed by atoms with Crippen molar-refractivity contribution in [2.75, 3.05) is 0 Å². The van der Waals surface area contributed by atoms with E-state index >= 15 is 0 Å². The fourth-order valence-corrected chi connectivity index (χ4v) is 13.4. The van der Waals surface area contributed by atoms with E-state index < -0.39 is 5.41 Å². The van der Waals surface area contributed by atoms with Gasteiger partial charge in [0.15, 0.2) is 0 Å². The van der Waals surface area contributed by atoms with E-state index in [1.807, 2.05) is 0 Å². The number of benzene rings is 12. The molecule has 2 aromatic heterocycles. The van der Waals surface area contributed by atoms with Crippen LogP contribution in [-0.2, 0) is 5.41 Å². The lowest BCUT2D eigenvalue weighted by Gasteiger charge is -2.30. The van der Waals surface area contributed by atoms with E-state index in [2.05, 4.69) is 312 Å². The highest BCUT2D eigenvalue weighted by molar-refractivity contribution is 6.12. The van der Waals surface area contributed by atoms with Crippen molar-refractivity contribution in [2.24, 2.45) is 0 Å². The molecule has 0 fully saturated rings. The molecule has 2 heteroatoms. The third-order valence-corrected chi connectivity index (χ3v) is 16.9. The zero-order valence-electron chi connectivity index (χ0n) is 43.3. The molecule has 12 aromatic carbocycles. The first-order chi connectivity index (χ1) is 39.2. The maximum absolute atomic E-state index is 2.45. The van der Waals surface area contributed by atoms with Crippen LogP contribution in [0, 0.1) is 0 Å². The Kier molecular flexibility index (Phi) is 10.2. The zero-order chi connectivity index (χ0) is 52.0. The first-order valence-electron chi connectivity index (χ1n) is 27.4. The molecular formula is C77H50N2. The number of fused-ring (bicyclic) bond motifs is 16. The fourth-order valence-electron chi connectivity index (χ4n) is 13.4. The molecule has 1 spiro atoms. The first kappa shape index (κ1) is 45.0. The van der Waals surface area contributed by atoms with Gasteiger partial charge in [0.05, 0.1) is 27.5 Å². The summed E-state index contributed by atoms with van der Waals surface area (Å²) >= 11 is 0. The van der Waals surface area contributed by atoms with E-state index in [1.165, 1.54) is 133 Å². The standard InChI is InChI=1S/C77H50N2/c1-3-15-59(16-4-1)78-73-25-13-9-21-65(73)67-49-57(41-45-75(67)78)55-37-31-51(32-38-55)27-29-53-35-43-63-64-44-36-54(48-72(64)77(71(63)47-53)69-23-11-7-19-61(69)62-20-8-12-24-70(62)77)30-28-52-33-39-56(40-34-52)58-42-46-76-68(50-58)66-22-10-14-26-74(66)79(76)60-17-5-2-6-18-60/h1-50H/b29-27+,30-28+. The Morgan fingerprint density at radius 3 is 1.03 bits per heavy atom. The van der Waals surface area contributed by atoms with Gasteiger partial charge in [-0.05, 0) is 162 Å². The van der Waals surface area contributed by atoms with Gasteiger partial charge in [0.2, 0.25) is 0 Å². The zero-order valence-corrected chi connectivity index (χ0v) is 43.3. The second kappa shape index (κ2) is 17.9. The molecule has 0 saturated carbocycles. The van der Waals surface area contributed by atoms with E-state index in [0.29, 0.717) is 0 Å². The molecule has 0 amide bonds. The van der Waals surface area contributed by atoms with Crippen LogP contribution in [0.4, 0.5) is 0 Å². The molecule has 0 saturated heterocycles. The molecule has 368 valence electrons. The quantitative estimate of drug-likeness (QED) is 0.134. The van der Waals surface area contributed by atoms with Crippen molar-refractivity contribution in [1.29, 1.82) is 0 Å². The average Bonchev–Trinajstić information content (AvgIpc) is 4.25. The topological polar surface area (TPSA) is 9.86 Å². The molecule has 2 nitrogen and oxygen atoms in total. The Labute approximate surface area is 459 Å². The van der Waals surface area contributed by atoms with Crippen LogP contribution in [0.25, 0.3) is 124 Å². The summed E-state index contributed by atoms with van der Waals surface area (Å²) in [5.74, 6) is 0. The van der Waals surface area contributed by atoms with Crippen LogP contribution >= 0.6 is 0 Å². The van der Waals surface area contributed by atoms with Crippen molar-refractivity contribution in [3.8, 4) is 55.9 Å². The van der Waals surface area contributed by atoms with Gasteiger partial charge in [-0.3, -0.25) is 0 Å². The normalized spacial score (nSPS) is 13.1. The third kappa shape index (κ3) is 7.05. The summed E-state index contributed by atoms with van der Waals surface area (Å²) in [7, 11) is 0. The highest BCUT2D eigenvalue weighted by Gasteiger charge is 2.51. The Balaban J connectivity index is 0.711. The lowest BCUT2D eigenvalue weighted by atomic mass is 9.70. The van der Waals surface area contributed by atoms with Gasteiger partial charge in [-0.1, -0.05) is 231 Å². The van der Waals surface area contributed by atoms with Crippen molar-refractivity contribution in [2.45, 2.75) is 5.41 Å². The predicted molar refractivity (Wildman–Crippen MR) is 333 cm³/mol. The summed E-state index contributed by atoms with van der Waals surface area (Å²) in [6.45, 7) is 0. The van der Waals surface area contributed by atoms with Gasteiger partial charge in [0, 0.05) is 32.9 Å². The number of aromatic nitrogens is 2. The molecule has 79 heavy (non-hydrogen) atoms. The van der Waals surface area contributed by atoms with Crippen LogP contribution in [-0.4, -0.2) is 9.13 Å². The molecule has 14 aromatic rings. The largest absolute Gasteiger partial charge is 0.309 e. The highest BCUT2D eigenvalue weighted by Crippen LogP contribution is 2.63. The second-order valence-corrected chi connectivity index (χ2v) is 21.2. The molecule has 2 aliphatic carbocycles. The summed E-state index contributed by atoms with van der Waals surface area (Å²) in [6.07, 6.45) is 9.08. The van der Waals surface area contributed by atoms with Crippen molar-refractivity contribution in [1.82, 2.24) is 9.13 Å². The lowest BCUT2D eigenvalue weighted by Crippen LogP contribution is -2.26. The molecule has 0 unspecified atom stereocenters. The Bertz CT molecular complexity index is 4490. The number of hydrogen-bond donors (Lipinski definition) is 0. The smallest absolute Gasteiger partial charge is 0.0725 e. The van der Waals surface area contributed by atoms with Gasteiger partial charge >= 0.3 is 0 Å². The van der Waals surface area contributed by atoms with Gasteiger partial charge < -0.3 is 9.13 Å². The van der Waals surface area contributed by atoms with Crippen LogP contribution in [0.5, 0.6) is 0 Å². The third-order valence-electron chi connectivity index (χ3n) is 16.9. The molecule has 0 atom stereocenters. The van der Waals surface area contributed by atoms with Crippen LogP contribution in [0.1, 0.15) is 44.5 Å². The molecule has 16 rings (SSSR count). The Hall–Kier alpha value is -10.3. The van der Waals surface area contributed by atoms with E-state index in [4.69, 9.17) is 0 Å². The van der Waals surface area contributed by atoms with Crippen LogP contribution in [0.3, 0.4) is 0 Å². The van der Waals surface area contributed by atoms with E-state index in [-0.39, 0.29) is 0 Å². The summed E-state index contributed by atoms with van der Waals surface area (Å²) < 4.78 is 4.74. The average molecular weight is 1000 g/mol. The van der Waals surface area contributed by atoms with Gasteiger partial charge in [-0.2, -0.15) is 0 Å². The van der Waals surface area contributed by atoms with Gasteiger partial charge in [-0.15, -0.1) is 0 Å². The number of rotatable bonds is 8. The molecule has 0 radical (unpaired) electrons. The summed E-state index contributed by atoms with van der Waals surface area (Å²) in [5.41, 5.74) is 26.8. The summed E-state index contributed by atoms with van der Waals surface area (Å²) in [6, 6.07) is 103. The lowest BCUT2D eigenvalue weighted by molar-refractivity contribution is 0.793. The predicted octanol–water partition coefficient (Wildman–Crippen LogP) is 19.9. The van der Waals surface area contributed by atoms with Crippen molar-refractivity contribution in [3.05, 3.63) is 324 Å². The van der Waals surface area contributed by atoms with E-state index in [0.717, 1.165) is 11.1 Å². The Morgan fingerprint density at radius 2 is 0.570 bits per heavy atom. The van der Waals surface area contributed by atoms with E-state index in [1.54, 1.807) is 0 Å². The summed E-state index contributed by atoms with van der Waals surface area (Å²) in [4.78, 5) is 0. The maximum atomic E-state index is 2.45. The van der Waals surface area contributed by atoms with Gasteiger partial charge in [0.1, 0.15) is 0 Å². The van der Waals surface area contributed by atoms with Crippen LogP contribution in [0.2, 0.25) is 0 Å². The van der Waals surface area contributed by atoms with Crippen molar-refractivity contribution in [3.63, 3.8) is 0 Å². The van der Waals surface area contributed by atoms with Crippen LogP contribution < -0.4 is 0 Å². The van der Waals surface area contributed by atoms with Crippen LogP contribution in [0.15, 0.2) is 279 Å². The molecule has 0 bridgehead atoms.